The van der Waals surface area contributed by atoms with Crippen LogP contribution in [0.3, 0.4) is 0 Å². The van der Waals surface area contributed by atoms with E-state index in [1.54, 1.807) is 6.92 Å². The van der Waals surface area contributed by atoms with E-state index in [-0.39, 0.29) is 24.1 Å². The first-order valence-corrected chi connectivity index (χ1v) is 10.0. The van der Waals surface area contributed by atoms with Crippen LogP contribution in [-0.2, 0) is 14.8 Å². The van der Waals surface area contributed by atoms with Gasteiger partial charge in [-0.3, -0.25) is 4.79 Å². The number of hydrogen-bond acceptors (Lipinski definition) is 6. The van der Waals surface area contributed by atoms with Gasteiger partial charge in [0.25, 0.3) is 0 Å². The van der Waals surface area contributed by atoms with Gasteiger partial charge in [0.2, 0.25) is 21.1 Å². The lowest BCUT2D eigenvalue weighted by Crippen LogP contribution is -2.44. The van der Waals surface area contributed by atoms with Crippen LogP contribution in [-0.4, -0.2) is 47.7 Å². The molecule has 1 aliphatic heterocycles. The summed E-state index contributed by atoms with van der Waals surface area (Å²) in [5.74, 6) is 0.114. The smallest absolute Gasteiger partial charge is 0.230 e. The number of sulfonamides is 1. The summed E-state index contributed by atoms with van der Waals surface area (Å²) < 4.78 is 25.3. The number of aromatic nitrogens is 2. The lowest BCUT2D eigenvalue weighted by molar-refractivity contribution is -0.120. The summed E-state index contributed by atoms with van der Waals surface area (Å²) in [4.78, 5) is 12.3. The third kappa shape index (κ3) is 3.47. The van der Waals surface area contributed by atoms with Crippen molar-refractivity contribution in [1.82, 2.24) is 14.5 Å². The zero-order valence-corrected chi connectivity index (χ0v) is 14.1. The van der Waals surface area contributed by atoms with E-state index in [0.717, 1.165) is 17.8 Å². The van der Waals surface area contributed by atoms with Gasteiger partial charge in [-0.25, -0.2) is 12.7 Å². The fourth-order valence-corrected chi connectivity index (χ4v) is 4.67. The van der Waals surface area contributed by atoms with Gasteiger partial charge in [-0.2, -0.15) is 0 Å². The minimum Gasteiger partial charge on any atom is -0.300 e. The largest absolute Gasteiger partial charge is 0.300 e. The summed E-state index contributed by atoms with van der Waals surface area (Å²) in [6.45, 7) is 2.39. The molecule has 1 saturated heterocycles. The zero-order chi connectivity index (χ0) is 15.7. The molecule has 1 N–H and O–H groups in total. The molecule has 0 spiro atoms. The van der Waals surface area contributed by atoms with Crippen LogP contribution in [0.1, 0.15) is 43.5 Å². The molecule has 0 radical (unpaired) electrons. The van der Waals surface area contributed by atoms with E-state index in [9.17, 15) is 13.2 Å². The predicted molar refractivity (Wildman–Crippen MR) is 84.3 cm³/mol. The van der Waals surface area contributed by atoms with Crippen molar-refractivity contribution in [2.75, 3.05) is 24.2 Å². The Morgan fingerprint density at radius 1 is 1.36 bits per heavy atom. The molecule has 3 rings (SSSR count). The lowest BCUT2D eigenvalue weighted by atomic mass is 9.99. The SMILES string of the molecule is CCS(=O)(=O)N1CCCC(C(=O)Nc2nnc(C3CC3)s2)C1. The highest BCUT2D eigenvalue weighted by molar-refractivity contribution is 7.89. The molecule has 2 fully saturated rings. The Bertz CT molecular complexity index is 654. The topological polar surface area (TPSA) is 92.3 Å². The summed E-state index contributed by atoms with van der Waals surface area (Å²) in [7, 11) is -3.23. The minimum absolute atomic E-state index is 0.0719. The predicted octanol–water partition coefficient (Wildman–Crippen LogP) is 1.42. The van der Waals surface area contributed by atoms with Gasteiger partial charge in [0.1, 0.15) is 5.01 Å². The average Bonchev–Trinajstić information content (AvgIpc) is 3.27. The molecule has 1 saturated carbocycles. The Balaban J connectivity index is 1.61. The van der Waals surface area contributed by atoms with Gasteiger partial charge in [0.15, 0.2) is 0 Å². The zero-order valence-electron chi connectivity index (χ0n) is 12.5. The molecule has 9 heteroatoms. The van der Waals surface area contributed by atoms with E-state index in [4.69, 9.17) is 0 Å². The highest BCUT2D eigenvalue weighted by atomic mass is 32.2. The van der Waals surface area contributed by atoms with Crippen LogP contribution in [0.25, 0.3) is 0 Å². The first kappa shape index (κ1) is 15.8. The van der Waals surface area contributed by atoms with Crippen molar-refractivity contribution in [2.24, 2.45) is 5.92 Å². The maximum Gasteiger partial charge on any atom is 0.230 e. The minimum atomic E-state index is -3.23. The van der Waals surface area contributed by atoms with Gasteiger partial charge in [0.05, 0.1) is 11.7 Å². The quantitative estimate of drug-likeness (QED) is 0.872. The molecule has 22 heavy (non-hydrogen) atoms. The third-order valence-electron chi connectivity index (χ3n) is 4.11. The average molecular weight is 344 g/mol. The Labute approximate surface area is 134 Å². The summed E-state index contributed by atoms with van der Waals surface area (Å²) in [6.07, 6.45) is 3.71. The standard InChI is InChI=1S/C13H20N4O3S2/c1-2-22(19,20)17-7-3-4-10(8-17)11(18)14-13-16-15-12(21-13)9-5-6-9/h9-10H,2-8H2,1H3,(H,14,16,18). The van der Waals surface area contributed by atoms with Gasteiger partial charge < -0.3 is 5.32 Å². The van der Waals surface area contributed by atoms with Crippen molar-refractivity contribution in [3.63, 3.8) is 0 Å². The molecule has 1 unspecified atom stereocenters. The summed E-state index contributed by atoms with van der Waals surface area (Å²) in [5.41, 5.74) is 0. The Morgan fingerprint density at radius 3 is 2.82 bits per heavy atom. The number of amides is 1. The second-order valence-corrected chi connectivity index (χ2v) is 9.07. The Hall–Kier alpha value is -1.06. The molecule has 0 aromatic carbocycles. The number of anilines is 1. The van der Waals surface area contributed by atoms with E-state index in [1.807, 2.05) is 0 Å². The van der Waals surface area contributed by atoms with Crippen LogP contribution in [0, 0.1) is 5.92 Å². The van der Waals surface area contributed by atoms with E-state index < -0.39 is 10.0 Å². The highest BCUT2D eigenvalue weighted by Gasteiger charge is 2.32. The van der Waals surface area contributed by atoms with Crippen LogP contribution in [0.4, 0.5) is 5.13 Å². The lowest BCUT2D eigenvalue weighted by Gasteiger charge is -2.30. The summed E-state index contributed by atoms with van der Waals surface area (Å²) >= 11 is 1.42. The van der Waals surface area contributed by atoms with Crippen molar-refractivity contribution in [1.29, 1.82) is 0 Å². The number of nitrogens with zero attached hydrogens (tertiary/aromatic N) is 3. The van der Waals surface area contributed by atoms with Crippen molar-refractivity contribution in [2.45, 2.75) is 38.5 Å². The molecule has 122 valence electrons. The number of piperidine rings is 1. The van der Waals surface area contributed by atoms with Crippen LogP contribution in [0.5, 0.6) is 0 Å². The van der Waals surface area contributed by atoms with Gasteiger partial charge in [-0.15, -0.1) is 10.2 Å². The van der Waals surface area contributed by atoms with Gasteiger partial charge >= 0.3 is 0 Å². The molecule has 2 aliphatic rings. The van der Waals surface area contributed by atoms with Crippen molar-refractivity contribution >= 4 is 32.4 Å². The molecule has 1 aliphatic carbocycles. The van der Waals surface area contributed by atoms with Crippen molar-refractivity contribution in [3.05, 3.63) is 5.01 Å². The maximum atomic E-state index is 12.3. The number of hydrogen-bond donors (Lipinski definition) is 1. The second-order valence-electron chi connectivity index (χ2n) is 5.81. The summed E-state index contributed by atoms with van der Waals surface area (Å²) in [5, 5.41) is 12.4. The number of carbonyl (C=O) groups is 1. The fourth-order valence-electron chi connectivity index (χ4n) is 2.58. The van der Waals surface area contributed by atoms with Crippen LogP contribution < -0.4 is 5.32 Å². The van der Waals surface area contributed by atoms with Crippen LogP contribution in [0.15, 0.2) is 0 Å². The molecular weight excluding hydrogens is 324 g/mol. The number of rotatable bonds is 5. The number of carbonyl (C=O) groups excluding carboxylic acids is 1. The van der Waals surface area contributed by atoms with E-state index in [1.165, 1.54) is 15.6 Å². The Kier molecular flexibility index (Phi) is 4.47. The molecule has 0 bridgehead atoms. The normalized spacial score (nSPS) is 23.4. The molecule has 7 nitrogen and oxygen atoms in total. The molecular formula is C13H20N4O3S2. The van der Waals surface area contributed by atoms with Gasteiger partial charge in [-0.05, 0) is 32.6 Å². The molecule has 1 aromatic heterocycles. The fraction of sp³-hybridized carbons (Fsp3) is 0.769. The number of nitrogens with one attached hydrogen (secondary N) is 1. The molecule has 1 aromatic rings. The first-order chi connectivity index (χ1) is 10.5. The van der Waals surface area contributed by atoms with E-state index in [2.05, 4.69) is 15.5 Å². The van der Waals surface area contributed by atoms with Crippen molar-refractivity contribution in [3.8, 4) is 0 Å². The third-order valence-corrected chi connectivity index (χ3v) is 6.96. The van der Waals surface area contributed by atoms with Gasteiger partial charge in [-0.1, -0.05) is 11.3 Å². The monoisotopic (exact) mass is 344 g/mol. The molecule has 1 amide bonds. The highest BCUT2D eigenvalue weighted by Crippen LogP contribution is 2.42. The van der Waals surface area contributed by atoms with E-state index in [0.29, 0.717) is 30.4 Å². The Morgan fingerprint density at radius 2 is 2.14 bits per heavy atom. The maximum absolute atomic E-state index is 12.3. The van der Waals surface area contributed by atoms with Crippen LogP contribution in [0.2, 0.25) is 0 Å². The van der Waals surface area contributed by atoms with E-state index >= 15 is 0 Å². The van der Waals surface area contributed by atoms with Gasteiger partial charge in [0, 0.05) is 19.0 Å². The summed E-state index contributed by atoms with van der Waals surface area (Å²) in [6, 6.07) is 0. The van der Waals surface area contributed by atoms with Crippen LogP contribution >= 0.6 is 11.3 Å². The van der Waals surface area contributed by atoms with Crippen molar-refractivity contribution < 1.29 is 13.2 Å². The molecule has 1 atom stereocenters. The first-order valence-electron chi connectivity index (χ1n) is 7.61. The molecule has 2 heterocycles. The second kappa shape index (κ2) is 6.21.